The lowest BCUT2D eigenvalue weighted by atomic mass is 10.1. The number of morpholine rings is 2. The molecule has 0 aromatic carbocycles. The Balaban J connectivity index is 1.70. The van der Waals surface area contributed by atoms with E-state index in [1.54, 1.807) is 0 Å². The number of ketones is 1. The van der Waals surface area contributed by atoms with Crippen molar-refractivity contribution in [2.45, 2.75) is 27.7 Å². The molecule has 5 nitrogen and oxygen atoms in total. The van der Waals surface area contributed by atoms with Crippen LogP contribution in [0.1, 0.15) is 27.7 Å². The van der Waals surface area contributed by atoms with E-state index in [9.17, 15) is 4.79 Å². The first-order chi connectivity index (χ1) is 15.0. The van der Waals surface area contributed by atoms with Crippen molar-refractivity contribution < 1.29 is 14.3 Å². The van der Waals surface area contributed by atoms with E-state index in [-0.39, 0.29) is 0 Å². The van der Waals surface area contributed by atoms with E-state index in [2.05, 4.69) is 62.5 Å². The minimum absolute atomic E-state index is 0.296. The van der Waals surface area contributed by atoms with Crippen LogP contribution in [0.2, 0.25) is 0 Å². The molecule has 0 aromatic heterocycles. The second-order valence-electron chi connectivity index (χ2n) is 9.95. The van der Waals surface area contributed by atoms with Gasteiger partial charge in [-0.25, -0.2) is 0 Å². The van der Waals surface area contributed by atoms with Crippen molar-refractivity contribution in [2.75, 3.05) is 77.6 Å². The molecule has 4 heterocycles. The maximum atomic E-state index is 14.4. The number of allylic oxidation sites excluding steroid dienone is 6. The molecule has 0 unspecified atom stereocenters. The van der Waals surface area contributed by atoms with Gasteiger partial charge in [0.25, 0.3) is 0 Å². The highest BCUT2D eigenvalue weighted by Crippen LogP contribution is 2.70. The first-order valence-electron chi connectivity index (χ1n) is 11.5. The van der Waals surface area contributed by atoms with Gasteiger partial charge in [0, 0.05) is 36.0 Å². The van der Waals surface area contributed by atoms with E-state index in [1.165, 1.54) is 32.4 Å². The monoisotopic (exact) mass is 480 g/mol. The minimum atomic E-state index is -1.39. The molecule has 180 valence electrons. The number of carbonyl (C=O) groups excluding carboxylic acids is 1. The van der Waals surface area contributed by atoms with Gasteiger partial charge in [-0.1, -0.05) is 0 Å². The number of hydrogen-bond acceptors (Lipinski definition) is 5. The van der Waals surface area contributed by atoms with Gasteiger partial charge in [0.15, 0.2) is 0 Å². The van der Waals surface area contributed by atoms with Gasteiger partial charge >= 0.3 is 0 Å². The van der Waals surface area contributed by atoms with Gasteiger partial charge in [-0.3, -0.25) is 4.79 Å². The lowest BCUT2D eigenvalue weighted by Crippen LogP contribution is -2.37. The molecule has 0 aliphatic carbocycles. The number of carbonyl (C=O) groups is 1. The molecule has 4 aliphatic heterocycles. The molecule has 0 bridgehead atoms. The van der Waals surface area contributed by atoms with Gasteiger partial charge in [-0.05, 0) is 75.0 Å². The molecule has 4 aliphatic rings. The fraction of sp³-hybridized carbons (Fsp3) is 0.640. The third-order valence-electron chi connectivity index (χ3n) is 7.44. The molecule has 2 saturated heterocycles. The Kier molecular flexibility index (Phi) is 6.42. The quantitative estimate of drug-likeness (QED) is 0.597. The van der Waals surface area contributed by atoms with E-state index in [4.69, 9.17) is 9.47 Å². The van der Waals surface area contributed by atoms with Gasteiger partial charge < -0.3 is 19.3 Å². The summed E-state index contributed by atoms with van der Waals surface area (Å²) in [7, 11) is -2.78. The zero-order valence-electron chi connectivity index (χ0n) is 21.1. The summed E-state index contributed by atoms with van der Waals surface area (Å²) in [5, 5.41) is 2.78. The SMILES string of the molecule is CC1=C(C(=O)C2=C(C)C(C)=C(N3CCOCC3)S2(C)C)S(C)(C)C(N2CCOCC2)=C1C. The maximum absolute atomic E-state index is 14.4. The number of ether oxygens (including phenoxy) is 2. The molecule has 0 saturated carbocycles. The van der Waals surface area contributed by atoms with Crippen molar-refractivity contribution in [2.24, 2.45) is 0 Å². The van der Waals surface area contributed by atoms with Crippen LogP contribution in [0.25, 0.3) is 0 Å². The van der Waals surface area contributed by atoms with E-state index < -0.39 is 20.1 Å². The average Bonchev–Trinajstić information content (AvgIpc) is 3.04. The standard InChI is InChI=1S/C25H40N2O3S2/c1-17-19(3)24(26-9-13-29-14-10-26)31(5,6)22(17)21(28)23-18(2)20(4)25(32(23,7)8)27-11-15-30-16-12-27/h9-16H2,1-8H3. The number of Topliss-reactive ketones (excluding diaryl/α,β-unsaturated/α-hetero) is 1. The topological polar surface area (TPSA) is 42.0 Å². The summed E-state index contributed by atoms with van der Waals surface area (Å²) >= 11 is 0. The van der Waals surface area contributed by atoms with Crippen molar-refractivity contribution in [1.82, 2.24) is 9.80 Å². The van der Waals surface area contributed by atoms with Gasteiger partial charge in [0.05, 0.1) is 36.5 Å². The van der Waals surface area contributed by atoms with Gasteiger partial charge in [-0.2, -0.15) is 20.1 Å². The Hall–Kier alpha value is -1.15. The Morgan fingerprint density at radius 2 is 0.938 bits per heavy atom. The lowest BCUT2D eigenvalue weighted by Gasteiger charge is -2.44. The zero-order chi connectivity index (χ0) is 23.4. The molecular formula is C25H40N2O3S2. The van der Waals surface area contributed by atoms with E-state index in [0.29, 0.717) is 5.78 Å². The Morgan fingerprint density at radius 3 is 1.25 bits per heavy atom. The Labute approximate surface area is 197 Å². The number of rotatable bonds is 4. The van der Waals surface area contributed by atoms with Crippen molar-refractivity contribution in [3.05, 3.63) is 42.2 Å². The normalized spacial score (nSPS) is 28.1. The van der Waals surface area contributed by atoms with Crippen LogP contribution in [0.15, 0.2) is 42.2 Å². The summed E-state index contributed by atoms with van der Waals surface area (Å²) < 4.78 is 11.2. The highest BCUT2D eigenvalue weighted by Gasteiger charge is 2.46. The van der Waals surface area contributed by atoms with Crippen LogP contribution < -0.4 is 0 Å². The van der Waals surface area contributed by atoms with Gasteiger partial charge in [0.2, 0.25) is 5.78 Å². The molecule has 0 N–H and O–H groups in total. The smallest absolute Gasteiger partial charge is 0.203 e. The second kappa shape index (κ2) is 8.57. The number of hydrogen-bond donors (Lipinski definition) is 0. The Morgan fingerprint density at radius 1 is 0.625 bits per heavy atom. The summed E-state index contributed by atoms with van der Waals surface area (Å²) in [4.78, 5) is 21.5. The predicted octanol–water partition coefficient (Wildman–Crippen LogP) is 4.39. The number of nitrogens with zero attached hydrogens (tertiary/aromatic N) is 2. The lowest BCUT2D eigenvalue weighted by molar-refractivity contribution is -0.111. The zero-order valence-corrected chi connectivity index (χ0v) is 22.7. The van der Waals surface area contributed by atoms with Crippen LogP contribution in [-0.2, 0) is 14.3 Å². The van der Waals surface area contributed by atoms with E-state index in [1.807, 2.05) is 0 Å². The minimum Gasteiger partial charge on any atom is -0.378 e. The van der Waals surface area contributed by atoms with Gasteiger partial charge in [0.1, 0.15) is 0 Å². The molecule has 0 spiro atoms. The third kappa shape index (κ3) is 3.60. The molecule has 0 atom stereocenters. The van der Waals surface area contributed by atoms with Crippen molar-refractivity contribution in [3.8, 4) is 0 Å². The first kappa shape index (κ1) is 24.0. The summed E-state index contributed by atoms with van der Waals surface area (Å²) in [6.45, 7) is 15.5. The summed E-state index contributed by atoms with van der Waals surface area (Å²) in [5.41, 5.74) is 5.00. The molecular weight excluding hydrogens is 440 g/mol. The average molecular weight is 481 g/mol. The molecule has 0 aromatic rings. The summed E-state index contributed by atoms with van der Waals surface area (Å²) in [6.07, 6.45) is 9.28. The maximum Gasteiger partial charge on any atom is 0.203 e. The molecule has 7 heteroatoms. The molecule has 4 rings (SSSR count). The van der Waals surface area contributed by atoms with Crippen molar-refractivity contribution >= 4 is 25.8 Å². The predicted molar refractivity (Wildman–Crippen MR) is 139 cm³/mol. The van der Waals surface area contributed by atoms with E-state index >= 15 is 0 Å². The largest absolute Gasteiger partial charge is 0.378 e. The summed E-state index contributed by atoms with van der Waals surface area (Å²) in [5.74, 6) is 0.296. The van der Waals surface area contributed by atoms with Crippen LogP contribution in [0.4, 0.5) is 0 Å². The van der Waals surface area contributed by atoms with Crippen LogP contribution >= 0.6 is 20.1 Å². The highest BCUT2D eigenvalue weighted by atomic mass is 32.3. The Bertz CT molecular complexity index is 884. The molecule has 0 amide bonds. The molecule has 32 heavy (non-hydrogen) atoms. The molecule has 0 radical (unpaired) electrons. The van der Waals surface area contributed by atoms with Gasteiger partial charge in [-0.15, -0.1) is 0 Å². The van der Waals surface area contributed by atoms with Crippen molar-refractivity contribution in [3.63, 3.8) is 0 Å². The molecule has 2 fully saturated rings. The van der Waals surface area contributed by atoms with Crippen LogP contribution in [-0.4, -0.2) is 93.2 Å². The highest BCUT2D eigenvalue weighted by molar-refractivity contribution is 8.41. The van der Waals surface area contributed by atoms with E-state index in [0.717, 1.165) is 62.4 Å². The van der Waals surface area contributed by atoms with Crippen LogP contribution in [0, 0.1) is 0 Å². The summed E-state index contributed by atoms with van der Waals surface area (Å²) in [6, 6.07) is 0. The fourth-order valence-electron chi connectivity index (χ4n) is 5.95. The van der Waals surface area contributed by atoms with Crippen LogP contribution in [0.5, 0.6) is 0 Å². The first-order valence-corrected chi connectivity index (χ1v) is 16.4. The van der Waals surface area contributed by atoms with Crippen molar-refractivity contribution in [1.29, 1.82) is 0 Å². The van der Waals surface area contributed by atoms with Crippen LogP contribution in [0.3, 0.4) is 0 Å². The fourth-order valence-corrected chi connectivity index (χ4v) is 12.9. The third-order valence-corrected chi connectivity index (χ3v) is 13.5. The second-order valence-corrected chi connectivity index (χ2v) is 16.8.